The smallest absolute Gasteiger partial charge is 0.173 e. The number of ether oxygens (including phenoxy) is 1. The maximum atomic E-state index is 11.7. The minimum Gasteiger partial charge on any atom is -0.497 e. The molecule has 0 aliphatic rings. The first-order valence-electron chi connectivity index (χ1n) is 8.13. The van der Waals surface area contributed by atoms with E-state index in [1.54, 1.807) is 7.11 Å². The molecule has 0 aliphatic carbocycles. The second-order valence-corrected chi connectivity index (χ2v) is 5.96. The molecule has 0 unspecified atom stereocenters. The summed E-state index contributed by atoms with van der Waals surface area (Å²) >= 11 is 0. The Labute approximate surface area is 146 Å². The van der Waals surface area contributed by atoms with Gasteiger partial charge in [0.05, 0.1) is 7.11 Å². The van der Waals surface area contributed by atoms with Gasteiger partial charge in [-0.25, -0.2) is 0 Å². The second kappa shape index (κ2) is 6.11. The summed E-state index contributed by atoms with van der Waals surface area (Å²) < 4.78 is 11.3. The molecule has 0 bridgehead atoms. The van der Waals surface area contributed by atoms with Crippen LogP contribution in [0.4, 0.5) is 0 Å². The van der Waals surface area contributed by atoms with Gasteiger partial charge in [-0.05, 0) is 29.3 Å². The molecule has 3 nitrogen and oxygen atoms in total. The Morgan fingerprint density at radius 2 is 1.40 bits per heavy atom. The average molecular weight is 330 g/mol. The van der Waals surface area contributed by atoms with Gasteiger partial charge in [-0.3, -0.25) is 0 Å². The number of fused-ring (bicyclic) bond motifs is 1. The van der Waals surface area contributed by atoms with Gasteiger partial charge in [0.1, 0.15) is 17.1 Å². The molecule has 0 radical (unpaired) electrons. The maximum Gasteiger partial charge on any atom is 0.173 e. The van der Waals surface area contributed by atoms with Gasteiger partial charge in [0, 0.05) is 11.5 Å². The third-order valence-electron chi connectivity index (χ3n) is 4.47. The quantitative estimate of drug-likeness (QED) is 0.588. The van der Waals surface area contributed by atoms with Crippen molar-refractivity contribution in [2.24, 2.45) is 0 Å². The van der Waals surface area contributed by atoms with Gasteiger partial charge < -0.3 is 14.3 Å². The summed E-state index contributed by atoms with van der Waals surface area (Å²) in [5, 5.41) is 12.6. The molecule has 4 rings (SSSR count). The Balaban J connectivity index is 1.95. The number of hydrogen-bond donors (Lipinski definition) is 1. The molecule has 25 heavy (non-hydrogen) atoms. The summed E-state index contributed by atoms with van der Waals surface area (Å²) in [5.74, 6) is 1.20. The molecule has 0 spiro atoms. The van der Waals surface area contributed by atoms with Crippen LogP contribution in [-0.4, -0.2) is 12.2 Å². The Morgan fingerprint density at radius 1 is 0.800 bits per heavy atom. The van der Waals surface area contributed by atoms with E-state index in [1.807, 2.05) is 84.9 Å². The Bertz CT molecular complexity index is 948. The third kappa shape index (κ3) is 2.59. The van der Waals surface area contributed by atoms with E-state index in [0.717, 1.165) is 22.3 Å². The standard InChI is InChI=1S/C22H18O3/c1-24-19-13-12-16-14-21(25-20(16)15-19)22(23,17-8-4-2-5-9-17)18-10-6-3-7-11-18/h2-15,23H,1H3. The third-order valence-corrected chi connectivity index (χ3v) is 4.47. The molecular formula is C22H18O3. The van der Waals surface area contributed by atoms with Crippen LogP contribution in [-0.2, 0) is 5.60 Å². The summed E-state index contributed by atoms with van der Waals surface area (Å²) in [7, 11) is 1.62. The molecule has 1 N–H and O–H groups in total. The molecule has 1 aromatic heterocycles. The number of aliphatic hydroxyl groups is 1. The lowest BCUT2D eigenvalue weighted by atomic mass is 9.84. The van der Waals surface area contributed by atoms with Gasteiger partial charge in [0.2, 0.25) is 0 Å². The van der Waals surface area contributed by atoms with Gasteiger partial charge in [-0.15, -0.1) is 0 Å². The van der Waals surface area contributed by atoms with Crippen molar-refractivity contribution in [1.82, 2.24) is 0 Å². The fourth-order valence-corrected chi connectivity index (χ4v) is 3.13. The molecule has 0 atom stereocenters. The predicted octanol–water partition coefficient (Wildman–Crippen LogP) is 4.73. The zero-order valence-electron chi connectivity index (χ0n) is 13.8. The molecule has 3 aromatic carbocycles. The number of rotatable bonds is 4. The van der Waals surface area contributed by atoms with Crippen molar-refractivity contribution in [1.29, 1.82) is 0 Å². The molecule has 124 valence electrons. The van der Waals surface area contributed by atoms with Crippen molar-refractivity contribution in [3.05, 3.63) is 102 Å². The maximum absolute atomic E-state index is 11.7. The van der Waals surface area contributed by atoms with Crippen LogP contribution >= 0.6 is 0 Å². The van der Waals surface area contributed by atoms with Crippen molar-refractivity contribution in [3.8, 4) is 5.75 Å². The Hall–Kier alpha value is -3.04. The first kappa shape index (κ1) is 15.5. The highest BCUT2D eigenvalue weighted by molar-refractivity contribution is 5.80. The largest absolute Gasteiger partial charge is 0.497 e. The van der Waals surface area contributed by atoms with Gasteiger partial charge >= 0.3 is 0 Å². The summed E-state index contributed by atoms with van der Waals surface area (Å²) in [6, 6.07) is 26.6. The molecular weight excluding hydrogens is 312 g/mol. The van der Waals surface area contributed by atoms with Crippen LogP contribution in [0, 0.1) is 0 Å². The lowest BCUT2D eigenvalue weighted by molar-refractivity contribution is 0.101. The number of hydrogen-bond acceptors (Lipinski definition) is 3. The van der Waals surface area contributed by atoms with Crippen molar-refractivity contribution in [3.63, 3.8) is 0 Å². The Morgan fingerprint density at radius 3 is 1.96 bits per heavy atom. The van der Waals surface area contributed by atoms with E-state index in [4.69, 9.17) is 9.15 Å². The highest BCUT2D eigenvalue weighted by Gasteiger charge is 2.37. The van der Waals surface area contributed by atoms with Gasteiger partial charge in [0.15, 0.2) is 5.60 Å². The summed E-state index contributed by atoms with van der Waals surface area (Å²) in [5.41, 5.74) is 0.827. The first-order valence-corrected chi connectivity index (χ1v) is 8.13. The molecule has 0 fully saturated rings. The van der Waals surface area contributed by atoms with E-state index in [1.165, 1.54) is 0 Å². The number of methoxy groups -OCH3 is 1. The predicted molar refractivity (Wildman–Crippen MR) is 97.8 cm³/mol. The van der Waals surface area contributed by atoms with Crippen molar-refractivity contribution in [2.75, 3.05) is 7.11 Å². The first-order chi connectivity index (χ1) is 12.2. The minimum absolute atomic E-state index is 0.480. The van der Waals surface area contributed by atoms with Gasteiger partial charge in [-0.2, -0.15) is 0 Å². The fraction of sp³-hybridized carbons (Fsp3) is 0.0909. The fourth-order valence-electron chi connectivity index (χ4n) is 3.13. The van der Waals surface area contributed by atoms with Crippen LogP contribution in [0.25, 0.3) is 11.0 Å². The molecule has 0 saturated heterocycles. The van der Waals surface area contributed by atoms with Gasteiger partial charge in [-0.1, -0.05) is 60.7 Å². The highest BCUT2D eigenvalue weighted by atomic mass is 16.5. The zero-order chi connectivity index (χ0) is 17.3. The van der Waals surface area contributed by atoms with Crippen LogP contribution in [0.2, 0.25) is 0 Å². The van der Waals surface area contributed by atoms with Gasteiger partial charge in [0.25, 0.3) is 0 Å². The molecule has 1 heterocycles. The van der Waals surface area contributed by atoms with E-state index in [0.29, 0.717) is 11.3 Å². The van der Waals surface area contributed by atoms with E-state index < -0.39 is 5.60 Å². The van der Waals surface area contributed by atoms with E-state index in [9.17, 15) is 5.11 Å². The van der Waals surface area contributed by atoms with Crippen LogP contribution in [0.15, 0.2) is 89.3 Å². The molecule has 0 amide bonds. The average Bonchev–Trinajstić information content (AvgIpc) is 3.12. The number of furan rings is 1. The summed E-state index contributed by atoms with van der Waals surface area (Å²) in [6.45, 7) is 0. The van der Waals surface area contributed by atoms with E-state index in [2.05, 4.69) is 0 Å². The highest BCUT2D eigenvalue weighted by Crippen LogP contribution is 2.39. The van der Waals surface area contributed by atoms with Crippen molar-refractivity contribution >= 4 is 11.0 Å². The van der Waals surface area contributed by atoms with E-state index >= 15 is 0 Å². The van der Waals surface area contributed by atoms with Crippen LogP contribution in [0.1, 0.15) is 16.9 Å². The molecule has 0 saturated carbocycles. The normalized spacial score (nSPS) is 11.6. The second-order valence-electron chi connectivity index (χ2n) is 5.96. The van der Waals surface area contributed by atoms with Crippen LogP contribution in [0.3, 0.4) is 0 Å². The van der Waals surface area contributed by atoms with Crippen LogP contribution < -0.4 is 4.74 Å². The monoisotopic (exact) mass is 330 g/mol. The topological polar surface area (TPSA) is 42.6 Å². The van der Waals surface area contributed by atoms with E-state index in [-0.39, 0.29) is 0 Å². The Kier molecular flexibility index (Phi) is 3.79. The zero-order valence-corrected chi connectivity index (χ0v) is 13.8. The molecule has 3 heteroatoms. The lowest BCUT2D eigenvalue weighted by Crippen LogP contribution is -2.28. The minimum atomic E-state index is -1.37. The van der Waals surface area contributed by atoms with Crippen molar-refractivity contribution in [2.45, 2.75) is 5.60 Å². The molecule has 0 aliphatic heterocycles. The van der Waals surface area contributed by atoms with Crippen LogP contribution in [0.5, 0.6) is 5.75 Å². The SMILES string of the molecule is COc1ccc2cc(C(O)(c3ccccc3)c3ccccc3)oc2c1. The molecule has 4 aromatic rings. The summed E-state index contributed by atoms with van der Waals surface area (Å²) in [4.78, 5) is 0. The van der Waals surface area contributed by atoms with Crippen molar-refractivity contribution < 1.29 is 14.3 Å². The number of benzene rings is 3. The summed E-state index contributed by atoms with van der Waals surface area (Å²) in [6.07, 6.45) is 0. The lowest BCUT2D eigenvalue weighted by Gasteiger charge is -2.27.